The van der Waals surface area contributed by atoms with E-state index in [1.807, 2.05) is 30.3 Å². The Labute approximate surface area is 130 Å². The van der Waals surface area contributed by atoms with Gasteiger partial charge >= 0.3 is 0 Å². The van der Waals surface area contributed by atoms with Gasteiger partial charge in [-0.3, -0.25) is 0 Å². The molecule has 1 atom stereocenters. The molecule has 0 amide bonds. The van der Waals surface area contributed by atoms with E-state index in [1.54, 1.807) is 6.92 Å². The lowest BCUT2D eigenvalue weighted by molar-refractivity contribution is 0.485. The molecule has 0 spiro atoms. The molecule has 5 nitrogen and oxygen atoms in total. The molecular formula is C13H11ClN2O3S2. The Morgan fingerprint density at radius 1 is 1.38 bits per heavy atom. The van der Waals surface area contributed by atoms with Gasteiger partial charge in [0, 0.05) is 5.39 Å². The highest BCUT2D eigenvalue weighted by Gasteiger charge is 2.22. The zero-order chi connectivity index (χ0) is 15.0. The quantitative estimate of drug-likeness (QED) is 0.786. The van der Waals surface area contributed by atoms with Gasteiger partial charge in [-0.2, -0.15) is 0 Å². The summed E-state index contributed by atoms with van der Waals surface area (Å²) < 4.78 is 32.9. The Morgan fingerprint density at radius 2 is 2.14 bits per heavy atom. The van der Waals surface area contributed by atoms with Crippen LogP contribution in [0.15, 0.2) is 45.2 Å². The number of aromatic nitrogens is 1. The molecule has 0 bridgehead atoms. The lowest BCUT2D eigenvalue weighted by Crippen LogP contribution is -2.25. The minimum absolute atomic E-state index is 0.0791. The van der Waals surface area contributed by atoms with E-state index in [-0.39, 0.29) is 8.68 Å². The molecule has 2 heterocycles. The zero-order valence-electron chi connectivity index (χ0n) is 10.9. The molecule has 2 aromatic heterocycles. The second kappa shape index (κ2) is 5.42. The molecule has 1 aromatic carbocycles. The number of nitrogens with zero attached hydrogens (tertiary/aromatic N) is 1. The number of hydrogen-bond acceptors (Lipinski definition) is 5. The van der Waals surface area contributed by atoms with E-state index in [0.717, 1.165) is 22.3 Å². The Hall–Kier alpha value is -1.41. The Morgan fingerprint density at radius 3 is 2.81 bits per heavy atom. The van der Waals surface area contributed by atoms with Gasteiger partial charge in [-0.25, -0.2) is 18.1 Å². The average molecular weight is 343 g/mol. The Balaban J connectivity index is 1.87. The van der Waals surface area contributed by atoms with Gasteiger partial charge in [-0.15, -0.1) is 0 Å². The lowest BCUT2D eigenvalue weighted by atomic mass is 10.2. The highest BCUT2D eigenvalue weighted by molar-refractivity contribution is 7.91. The van der Waals surface area contributed by atoms with Gasteiger partial charge in [-0.05, 0) is 19.1 Å². The van der Waals surface area contributed by atoms with Crippen LogP contribution in [-0.2, 0) is 10.0 Å². The van der Waals surface area contributed by atoms with E-state index >= 15 is 0 Å². The third-order valence-corrected chi connectivity index (χ3v) is 6.04. The summed E-state index contributed by atoms with van der Waals surface area (Å²) in [7, 11) is -3.66. The third kappa shape index (κ3) is 2.96. The van der Waals surface area contributed by atoms with Crippen molar-refractivity contribution < 1.29 is 12.8 Å². The van der Waals surface area contributed by atoms with E-state index < -0.39 is 16.1 Å². The van der Waals surface area contributed by atoms with E-state index in [2.05, 4.69) is 9.71 Å². The summed E-state index contributed by atoms with van der Waals surface area (Å²) >= 11 is 6.58. The summed E-state index contributed by atoms with van der Waals surface area (Å²) in [5.74, 6) is 0.551. The average Bonchev–Trinajstić information content (AvgIpc) is 3.04. The predicted molar refractivity (Wildman–Crippen MR) is 82.1 cm³/mol. The minimum Gasteiger partial charge on any atom is -0.459 e. The number of rotatable bonds is 4. The van der Waals surface area contributed by atoms with Crippen molar-refractivity contribution in [2.45, 2.75) is 17.2 Å². The first-order valence-corrected chi connectivity index (χ1v) is 8.75. The smallest absolute Gasteiger partial charge is 0.252 e. The highest BCUT2D eigenvalue weighted by Crippen LogP contribution is 2.27. The summed E-state index contributed by atoms with van der Waals surface area (Å²) in [4.78, 5) is 3.74. The van der Waals surface area contributed by atoms with Crippen molar-refractivity contribution in [3.05, 3.63) is 46.8 Å². The van der Waals surface area contributed by atoms with Crippen molar-refractivity contribution in [3.8, 4) is 0 Å². The maximum atomic E-state index is 12.2. The summed E-state index contributed by atoms with van der Waals surface area (Å²) in [6.07, 6.45) is 1.24. The summed E-state index contributed by atoms with van der Waals surface area (Å²) in [6, 6.07) is 8.83. The van der Waals surface area contributed by atoms with Crippen LogP contribution < -0.4 is 4.72 Å². The number of para-hydroxylation sites is 1. The third-order valence-electron chi connectivity index (χ3n) is 2.92. The molecule has 0 radical (unpaired) electrons. The fraction of sp³-hybridized carbons (Fsp3) is 0.154. The van der Waals surface area contributed by atoms with Gasteiger partial charge in [-0.1, -0.05) is 41.1 Å². The van der Waals surface area contributed by atoms with Gasteiger partial charge in [0.05, 0.1) is 12.2 Å². The first-order chi connectivity index (χ1) is 9.95. The van der Waals surface area contributed by atoms with Crippen molar-refractivity contribution in [1.82, 2.24) is 9.71 Å². The number of fused-ring (bicyclic) bond motifs is 1. The second-order valence-electron chi connectivity index (χ2n) is 4.46. The fourth-order valence-electron chi connectivity index (χ4n) is 1.93. The SMILES string of the molecule is CC(NS(=O)(=O)c1cnc(Cl)s1)c1cc2ccccc2o1. The van der Waals surface area contributed by atoms with Crippen molar-refractivity contribution in [1.29, 1.82) is 0 Å². The van der Waals surface area contributed by atoms with Gasteiger partial charge in [0.25, 0.3) is 10.0 Å². The van der Waals surface area contributed by atoms with Crippen LogP contribution in [0.2, 0.25) is 4.47 Å². The number of benzene rings is 1. The first kappa shape index (κ1) is 14.5. The molecule has 1 unspecified atom stereocenters. The molecule has 110 valence electrons. The molecule has 3 rings (SSSR count). The molecule has 0 fully saturated rings. The van der Waals surface area contributed by atoms with Crippen molar-refractivity contribution in [3.63, 3.8) is 0 Å². The topological polar surface area (TPSA) is 72.2 Å². The van der Waals surface area contributed by atoms with Crippen LogP contribution in [0.25, 0.3) is 11.0 Å². The van der Waals surface area contributed by atoms with Crippen LogP contribution in [0.1, 0.15) is 18.7 Å². The van der Waals surface area contributed by atoms with Gasteiger partial charge in [0.15, 0.2) is 8.68 Å². The fourth-order valence-corrected chi connectivity index (χ4v) is 4.45. The zero-order valence-corrected chi connectivity index (χ0v) is 13.3. The first-order valence-electron chi connectivity index (χ1n) is 6.08. The number of thiazole rings is 1. The molecule has 1 N–H and O–H groups in total. The van der Waals surface area contributed by atoms with Gasteiger partial charge < -0.3 is 4.42 Å². The highest BCUT2D eigenvalue weighted by atomic mass is 35.5. The lowest BCUT2D eigenvalue weighted by Gasteiger charge is -2.10. The number of hydrogen-bond donors (Lipinski definition) is 1. The maximum Gasteiger partial charge on any atom is 0.252 e. The molecule has 0 aliphatic rings. The standard InChI is InChI=1S/C13H11ClN2O3S2/c1-8(11-6-9-4-2-3-5-10(9)19-11)16-21(17,18)12-7-15-13(14)20-12/h2-8,16H,1H3. The van der Waals surface area contributed by atoms with Crippen LogP contribution in [0.4, 0.5) is 0 Å². The second-order valence-corrected chi connectivity index (χ2v) is 8.02. The van der Waals surface area contributed by atoms with Crippen molar-refractivity contribution >= 4 is 43.9 Å². The number of halogens is 1. The van der Waals surface area contributed by atoms with E-state index in [9.17, 15) is 8.42 Å². The van der Waals surface area contributed by atoms with E-state index in [4.69, 9.17) is 16.0 Å². The van der Waals surface area contributed by atoms with Gasteiger partial charge in [0.2, 0.25) is 0 Å². The largest absolute Gasteiger partial charge is 0.459 e. The maximum absolute atomic E-state index is 12.2. The van der Waals surface area contributed by atoms with E-state index in [0.29, 0.717) is 5.76 Å². The number of furan rings is 1. The molecule has 21 heavy (non-hydrogen) atoms. The monoisotopic (exact) mass is 342 g/mol. The van der Waals surface area contributed by atoms with Crippen molar-refractivity contribution in [2.24, 2.45) is 0 Å². The molecule has 0 saturated heterocycles. The van der Waals surface area contributed by atoms with Crippen LogP contribution in [0.5, 0.6) is 0 Å². The Bertz CT molecular complexity index is 853. The minimum atomic E-state index is -3.66. The van der Waals surface area contributed by atoms with Crippen LogP contribution >= 0.6 is 22.9 Å². The predicted octanol–water partition coefficient (Wildman–Crippen LogP) is 3.58. The van der Waals surface area contributed by atoms with Crippen LogP contribution in [0.3, 0.4) is 0 Å². The van der Waals surface area contributed by atoms with Crippen LogP contribution in [0, 0.1) is 0 Å². The van der Waals surface area contributed by atoms with Gasteiger partial charge in [0.1, 0.15) is 11.3 Å². The van der Waals surface area contributed by atoms with E-state index in [1.165, 1.54) is 6.20 Å². The number of nitrogens with one attached hydrogen (secondary N) is 1. The molecular weight excluding hydrogens is 332 g/mol. The number of sulfonamides is 1. The molecule has 0 saturated carbocycles. The molecule has 0 aliphatic carbocycles. The summed E-state index contributed by atoms with van der Waals surface area (Å²) in [6.45, 7) is 1.72. The van der Waals surface area contributed by atoms with Crippen LogP contribution in [-0.4, -0.2) is 13.4 Å². The van der Waals surface area contributed by atoms with Crippen molar-refractivity contribution in [2.75, 3.05) is 0 Å². The molecule has 8 heteroatoms. The Kier molecular flexibility index (Phi) is 3.75. The molecule has 3 aromatic rings. The normalized spacial score (nSPS) is 13.6. The summed E-state index contributed by atoms with van der Waals surface area (Å²) in [5.41, 5.74) is 0.722. The molecule has 0 aliphatic heterocycles. The summed E-state index contributed by atoms with van der Waals surface area (Å²) in [5, 5.41) is 0.930.